The number of nitrogens with zero attached hydrogens (tertiary/aromatic N) is 3. The highest BCUT2D eigenvalue weighted by molar-refractivity contribution is 7.89. The Labute approximate surface area is 137 Å². The minimum Gasteiger partial charge on any atom is -0.391 e. The number of aliphatic hydroxyl groups excluding tert-OH is 1. The zero-order valence-corrected chi connectivity index (χ0v) is 14.4. The van der Waals surface area contributed by atoms with Crippen molar-refractivity contribution >= 4 is 10.0 Å². The fourth-order valence-corrected chi connectivity index (χ4v) is 5.20. The standard InChI is InChI=1S/C15H26N4O3S/c1-18-15(6-9-16-18)23(21,22)17-12-7-10-19(11-8-12)13-4-2-3-5-14(13)20/h6,9,12-14,17,20H,2-5,7-8,10-11H2,1H3/t13-,14+/m0/s1. The Kier molecular flexibility index (Phi) is 5.05. The molecule has 0 bridgehead atoms. The highest BCUT2D eigenvalue weighted by atomic mass is 32.2. The molecule has 8 heteroatoms. The fraction of sp³-hybridized carbons (Fsp3) is 0.800. The van der Waals surface area contributed by atoms with Gasteiger partial charge in [0.1, 0.15) is 0 Å². The molecule has 1 saturated heterocycles. The van der Waals surface area contributed by atoms with Crippen LogP contribution in [0.15, 0.2) is 17.3 Å². The smallest absolute Gasteiger partial charge is 0.257 e. The van der Waals surface area contributed by atoms with Crippen LogP contribution in [0.25, 0.3) is 0 Å². The van der Waals surface area contributed by atoms with Gasteiger partial charge < -0.3 is 5.11 Å². The molecule has 0 radical (unpaired) electrons. The molecule has 130 valence electrons. The molecule has 2 aliphatic rings. The first-order chi connectivity index (χ1) is 11.0. The summed E-state index contributed by atoms with van der Waals surface area (Å²) in [5.74, 6) is 0. The van der Waals surface area contributed by atoms with Crippen molar-refractivity contribution < 1.29 is 13.5 Å². The summed E-state index contributed by atoms with van der Waals surface area (Å²) in [5, 5.41) is 14.3. The molecule has 1 aromatic rings. The van der Waals surface area contributed by atoms with Gasteiger partial charge in [0.15, 0.2) is 5.03 Å². The molecule has 2 N–H and O–H groups in total. The van der Waals surface area contributed by atoms with Gasteiger partial charge in [-0.2, -0.15) is 5.10 Å². The monoisotopic (exact) mass is 342 g/mol. The second-order valence-corrected chi connectivity index (χ2v) is 8.30. The van der Waals surface area contributed by atoms with Crippen molar-refractivity contribution in [3.8, 4) is 0 Å². The summed E-state index contributed by atoms with van der Waals surface area (Å²) in [5.41, 5.74) is 0. The molecular formula is C15H26N4O3S. The van der Waals surface area contributed by atoms with Crippen molar-refractivity contribution in [3.63, 3.8) is 0 Å². The average molecular weight is 342 g/mol. The van der Waals surface area contributed by atoms with Crippen LogP contribution >= 0.6 is 0 Å². The molecule has 0 unspecified atom stereocenters. The molecule has 1 aliphatic heterocycles. The lowest BCUT2D eigenvalue weighted by atomic mass is 9.90. The van der Waals surface area contributed by atoms with E-state index in [1.807, 2.05) is 0 Å². The predicted octanol–water partition coefficient (Wildman–Crippen LogP) is 0.466. The van der Waals surface area contributed by atoms with E-state index in [4.69, 9.17) is 0 Å². The summed E-state index contributed by atoms with van der Waals surface area (Å²) in [6, 6.07) is 1.71. The number of piperidine rings is 1. The van der Waals surface area contributed by atoms with Crippen LogP contribution in [0.2, 0.25) is 0 Å². The number of nitrogens with one attached hydrogen (secondary N) is 1. The second-order valence-electron chi connectivity index (χ2n) is 6.64. The number of aryl methyl sites for hydroxylation is 1. The third-order valence-electron chi connectivity index (χ3n) is 5.07. The van der Waals surface area contributed by atoms with Crippen LogP contribution < -0.4 is 4.72 Å². The summed E-state index contributed by atoms with van der Waals surface area (Å²) in [7, 11) is -1.89. The summed E-state index contributed by atoms with van der Waals surface area (Å²) < 4.78 is 29.0. The van der Waals surface area contributed by atoms with Crippen molar-refractivity contribution in [2.45, 2.75) is 61.7 Å². The lowest BCUT2D eigenvalue weighted by molar-refractivity contribution is 0.00830. The molecule has 7 nitrogen and oxygen atoms in total. The number of sulfonamides is 1. The molecule has 1 aromatic heterocycles. The molecule has 23 heavy (non-hydrogen) atoms. The van der Waals surface area contributed by atoms with E-state index in [9.17, 15) is 13.5 Å². The van der Waals surface area contributed by atoms with Crippen molar-refractivity contribution in [3.05, 3.63) is 12.3 Å². The number of rotatable bonds is 4. The van der Waals surface area contributed by atoms with Crippen LogP contribution in [0.4, 0.5) is 0 Å². The maximum atomic E-state index is 12.4. The molecule has 2 atom stereocenters. The van der Waals surface area contributed by atoms with Crippen LogP contribution in [-0.2, 0) is 17.1 Å². The molecule has 0 aromatic carbocycles. The Morgan fingerprint density at radius 3 is 2.52 bits per heavy atom. The van der Waals surface area contributed by atoms with Gasteiger partial charge in [0, 0.05) is 32.2 Å². The number of likely N-dealkylation sites (tertiary alicyclic amines) is 1. The number of aliphatic hydroxyl groups is 1. The van der Waals surface area contributed by atoms with Gasteiger partial charge in [-0.3, -0.25) is 9.58 Å². The van der Waals surface area contributed by atoms with Crippen LogP contribution in [-0.4, -0.2) is 59.5 Å². The third kappa shape index (κ3) is 3.76. The van der Waals surface area contributed by atoms with Gasteiger partial charge in [-0.1, -0.05) is 12.8 Å². The number of hydrogen-bond acceptors (Lipinski definition) is 5. The van der Waals surface area contributed by atoms with Gasteiger partial charge in [-0.25, -0.2) is 13.1 Å². The van der Waals surface area contributed by atoms with E-state index in [1.54, 1.807) is 7.05 Å². The van der Waals surface area contributed by atoms with Gasteiger partial charge in [-0.15, -0.1) is 0 Å². The second kappa shape index (κ2) is 6.88. The lowest BCUT2D eigenvalue weighted by Crippen LogP contribution is -2.52. The Hall–Kier alpha value is -0.960. The van der Waals surface area contributed by atoms with Crippen LogP contribution in [0.3, 0.4) is 0 Å². The van der Waals surface area contributed by atoms with Crippen molar-refractivity contribution in [2.75, 3.05) is 13.1 Å². The van der Waals surface area contributed by atoms with E-state index in [0.29, 0.717) is 0 Å². The maximum absolute atomic E-state index is 12.4. The maximum Gasteiger partial charge on any atom is 0.257 e. The highest BCUT2D eigenvalue weighted by Gasteiger charge is 2.33. The average Bonchev–Trinajstić information content (AvgIpc) is 2.96. The van der Waals surface area contributed by atoms with E-state index in [0.717, 1.165) is 45.2 Å². The predicted molar refractivity (Wildman–Crippen MR) is 86.4 cm³/mol. The Bertz CT molecular complexity index is 622. The highest BCUT2D eigenvalue weighted by Crippen LogP contribution is 2.26. The third-order valence-corrected chi connectivity index (χ3v) is 6.66. The largest absolute Gasteiger partial charge is 0.391 e. The molecule has 1 aliphatic carbocycles. The Morgan fingerprint density at radius 2 is 1.91 bits per heavy atom. The molecule has 2 heterocycles. The molecule has 3 rings (SSSR count). The fourth-order valence-electron chi connectivity index (χ4n) is 3.77. The van der Waals surface area contributed by atoms with E-state index in [2.05, 4.69) is 14.7 Å². The molecule has 2 fully saturated rings. The molecular weight excluding hydrogens is 316 g/mol. The first-order valence-corrected chi connectivity index (χ1v) is 9.88. The lowest BCUT2D eigenvalue weighted by Gasteiger charge is -2.41. The van der Waals surface area contributed by atoms with Crippen molar-refractivity contribution in [2.24, 2.45) is 7.05 Å². The van der Waals surface area contributed by atoms with E-state index in [-0.39, 0.29) is 23.2 Å². The van der Waals surface area contributed by atoms with Crippen LogP contribution in [0.5, 0.6) is 0 Å². The summed E-state index contributed by atoms with van der Waals surface area (Å²) in [4.78, 5) is 2.33. The minimum atomic E-state index is -3.52. The zero-order chi connectivity index (χ0) is 16.4. The normalized spacial score (nSPS) is 28.1. The number of aromatic nitrogens is 2. The van der Waals surface area contributed by atoms with Crippen molar-refractivity contribution in [1.29, 1.82) is 0 Å². The van der Waals surface area contributed by atoms with Crippen LogP contribution in [0, 0.1) is 0 Å². The van der Waals surface area contributed by atoms with Gasteiger partial charge in [0.2, 0.25) is 0 Å². The van der Waals surface area contributed by atoms with Crippen LogP contribution in [0.1, 0.15) is 38.5 Å². The number of hydrogen-bond donors (Lipinski definition) is 2. The quantitative estimate of drug-likeness (QED) is 0.830. The van der Waals surface area contributed by atoms with Gasteiger partial charge >= 0.3 is 0 Å². The summed E-state index contributed by atoms with van der Waals surface area (Å²) in [6.07, 6.45) is 7.03. The zero-order valence-electron chi connectivity index (χ0n) is 13.6. The van der Waals surface area contributed by atoms with Gasteiger partial charge in [-0.05, 0) is 31.7 Å². The SMILES string of the molecule is Cn1nccc1S(=O)(=O)NC1CCN([C@H]2CCCC[C@H]2O)CC1. The Balaban J connectivity index is 1.56. The van der Waals surface area contributed by atoms with E-state index >= 15 is 0 Å². The summed E-state index contributed by atoms with van der Waals surface area (Å²) >= 11 is 0. The molecule has 0 spiro atoms. The summed E-state index contributed by atoms with van der Waals surface area (Å²) in [6.45, 7) is 1.67. The first kappa shape index (κ1) is 16.9. The van der Waals surface area contributed by atoms with Crippen molar-refractivity contribution in [1.82, 2.24) is 19.4 Å². The van der Waals surface area contributed by atoms with Gasteiger partial charge in [0.05, 0.1) is 12.3 Å². The van der Waals surface area contributed by atoms with Gasteiger partial charge in [0.25, 0.3) is 10.0 Å². The molecule has 0 amide bonds. The van der Waals surface area contributed by atoms with E-state index in [1.165, 1.54) is 23.4 Å². The Morgan fingerprint density at radius 1 is 1.22 bits per heavy atom. The van der Waals surface area contributed by atoms with E-state index < -0.39 is 10.0 Å². The molecule has 1 saturated carbocycles. The first-order valence-electron chi connectivity index (χ1n) is 8.40. The topological polar surface area (TPSA) is 87.5 Å². The minimum absolute atomic E-state index is 0.0492.